The van der Waals surface area contributed by atoms with Crippen molar-refractivity contribution >= 4 is 5.97 Å². The molecule has 0 saturated carbocycles. The lowest BCUT2D eigenvalue weighted by Crippen LogP contribution is -2.14. The summed E-state index contributed by atoms with van der Waals surface area (Å²) in [5.41, 5.74) is 1.37. The van der Waals surface area contributed by atoms with Crippen LogP contribution in [-0.4, -0.2) is 58.8 Å². The number of unbranched alkanes of at least 4 members (excludes halogenated alkanes) is 5. The normalized spacial score (nSPS) is 10.7. The zero-order valence-corrected chi connectivity index (χ0v) is 19.1. The summed E-state index contributed by atoms with van der Waals surface area (Å²) in [5, 5.41) is 0. The average molecular weight is 437 g/mol. The summed E-state index contributed by atoms with van der Waals surface area (Å²) in [6, 6.07) is 8.38. The second-order valence-corrected chi connectivity index (χ2v) is 7.22. The van der Waals surface area contributed by atoms with Gasteiger partial charge in [-0.15, -0.1) is 0 Å². The molecule has 0 fully saturated rings. The van der Waals surface area contributed by atoms with Gasteiger partial charge in [-0.2, -0.15) is 0 Å². The van der Waals surface area contributed by atoms with Crippen LogP contribution in [0.3, 0.4) is 0 Å². The summed E-state index contributed by atoms with van der Waals surface area (Å²) < 4.78 is 26.7. The Hall–Kier alpha value is -1.89. The van der Waals surface area contributed by atoms with Gasteiger partial charge in [0, 0.05) is 6.08 Å². The molecule has 1 rings (SSSR count). The highest BCUT2D eigenvalue weighted by Gasteiger charge is 1.98. The summed E-state index contributed by atoms with van der Waals surface area (Å²) in [6.07, 6.45) is 10.2. The lowest BCUT2D eigenvalue weighted by Gasteiger charge is -2.09. The van der Waals surface area contributed by atoms with Crippen molar-refractivity contribution in [2.75, 3.05) is 52.9 Å². The van der Waals surface area contributed by atoms with Crippen LogP contribution >= 0.6 is 0 Å². The lowest BCUT2D eigenvalue weighted by atomic mass is 10.0. The van der Waals surface area contributed by atoms with Gasteiger partial charge in [-0.25, -0.2) is 4.79 Å². The van der Waals surface area contributed by atoms with E-state index in [2.05, 4.69) is 25.6 Å². The van der Waals surface area contributed by atoms with E-state index in [9.17, 15) is 4.79 Å². The Kier molecular flexibility index (Phi) is 17.5. The minimum absolute atomic E-state index is 0.218. The van der Waals surface area contributed by atoms with Crippen molar-refractivity contribution in [3.63, 3.8) is 0 Å². The van der Waals surface area contributed by atoms with Gasteiger partial charge in [-0.1, -0.05) is 57.7 Å². The molecule has 6 heteroatoms. The highest BCUT2D eigenvalue weighted by Crippen LogP contribution is 2.15. The number of ether oxygens (including phenoxy) is 5. The molecular formula is C25H40O6. The quantitative estimate of drug-likeness (QED) is 0.157. The SMILES string of the molecule is C=CC(=O)OCCOCCOCCOCCOc1ccc(CCCCCCCC)cc1. The second-order valence-electron chi connectivity index (χ2n) is 7.22. The van der Waals surface area contributed by atoms with Crippen molar-refractivity contribution in [1.29, 1.82) is 0 Å². The molecule has 0 saturated heterocycles. The van der Waals surface area contributed by atoms with Gasteiger partial charge in [0.15, 0.2) is 0 Å². The average Bonchev–Trinajstić information content (AvgIpc) is 2.80. The smallest absolute Gasteiger partial charge is 0.330 e. The van der Waals surface area contributed by atoms with Gasteiger partial charge in [-0.3, -0.25) is 0 Å². The molecule has 0 aliphatic carbocycles. The van der Waals surface area contributed by atoms with E-state index in [0.717, 1.165) is 18.2 Å². The van der Waals surface area contributed by atoms with Crippen LogP contribution < -0.4 is 4.74 Å². The van der Waals surface area contributed by atoms with Crippen LogP contribution in [0, 0.1) is 0 Å². The van der Waals surface area contributed by atoms with Crippen molar-refractivity contribution in [2.24, 2.45) is 0 Å². The van der Waals surface area contributed by atoms with Crippen LogP contribution in [0.2, 0.25) is 0 Å². The highest BCUT2D eigenvalue weighted by atomic mass is 16.6. The minimum atomic E-state index is -0.443. The van der Waals surface area contributed by atoms with Crippen molar-refractivity contribution in [1.82, 2.24) is 0 Å². The highest BCUT2D eigenvalue weighted by molar-refractivity contribution is 5.81. The number of rotatable bonds is 21. The van der Waals surface area contributed by atoms with Crippen LogP contribution in [0.25, 0.3) is 0 Å². The summed E-state index contributed by atoms with van der Waals surface area (Å²) >= 11 is 0. The van der Waals surface area contributed by atoms with Crippen LogP contribution in [0.5, 0.6) is 5.75 Å². The molecular weight excluding hydrogens is 396 g/mol. The summed E-state index contributed by atoms with van der Waals surface area (Å²) in [5.74, 6) is 0.434. The largest absolute Gasteiger partial charge is 0.491 e. The topological polar surface area (TPSA) is 63.2 Å². The molecule has 0 aromatic heterocycles. The van der Waals surface area contributed by atoms with E-state index >= 15 is 0 Å². The van der Waals surface area contributed by atoms with E-state index in [4.69, 9.17) is 23.7 Å². The van der Waals surface area contributed by atoms with E-state index in [0.29, 0.717) is 46.2 Å². The van der Waals surface area contributed by atoms with E-state index < -0.39 is 5.97 Å². The van der Waals surface area contributed by atoms with Crippen molar-refractivity contribution in [3.05, 3.63) is 42.5 Å². The van der Waals surface area contributed by atoms with Crippen molar-refractivity contribution in [3.8, 4) is 5.75 Å². The van der Waals surface area contributed by atoms with E-state index in [1.54, 1.807) is 0 Å². The van der Waals surface area contributed by atoms with Gasteiger partial charge in [0.1, 0.15) is 19.0 Å². The van der Waals surface area contributed by atoms with Gasteiger partial charge in [0.2, 0.25) is 0 Å². The van der Waals surface area contributed by atoms with Gasteiger partial charge >= 0.3 is 5.97 Å². The van der Waals surface area contributed by atoms with E-state index in [-0.39, 0.29) is 6.61 Å². The maximum absolute atomic E-state index is 10.8. The Morgan fingerprint density at radius 1 is 0.774 bits per heavy atom. The summed E-state index contributed by atoms with van der Waals surface area (Å²) in [6.45, 7) is 9.10. The van der Waals surface area contributed by atoms with Gasteiger partial charge in [-0.05, 0) is 30.5 Å². The van der Waals surface area contributed by atoms with Gasteiger partial charge in [0.05, 0.1) is 39.6 Å². The minimum Gasteiger partial charge on any atom is -0.491 e. The first-order valence-electron chi connectivity index (χ1n) is 11.5. The number of carbonyl (C=O) groups excluding carboxylic acids is 1. The number of benzene rings is 1. The van der Waals surface area contributed by atoms with Crippen molar-refractivity contribution in [2.45, 2.75) is 51.9 Å². The maximum atomic E-state index is 10.8. The number of carbonyl (C=O) groups is 1. The molecule has 0 heterocycles. The summed E-state index contributed by atoms with van der Waals surface area (Å²) in [7, 11) is 0. The van der Waals surface area contributed by atoms with Crippen LogP contribution in [0.1, 0.15) is 51.0 Å². The van der Waals surface area contributed by atoms with Crippen molar-refractivity contribution < 1.29 is 28.5 Å². The Labute approximate surface area is 187 Å². The zero-order valence-electron chi connectivity index (χ0n) is 19.1. The Balaban J connectivity index is 1.88. The molecule has 176 valence electrons. The molecule has 1 aromatic carbocycles. The fraction of sp³-hybridized carbons (Fsp3) is 0.640. The third kappa shape index (κ3) is 16.5. The molecule has 0 bridgehead atoms. The molecule has 0 spiro atoms. The standard InChI is InChI=1S/C25H40O6/c1-3-5-6-7-8-9-10-23-11-13-24(14-12-23)30-21-19-28-17-15-27-16-18-29-20-22-31-25(26)4-2/h4,11-14H,2-3,5-10,15-22H2,1H3. The first-order chi connectivity index (χ1) is 15.3. The summed E-state index contributed by atoms with van der Waals surface area (Å²) in [4.78, 5) is 10.8. The Morgan fingerprint density at radius 2 is 1.32 bits per heavy atom. The molecule has 0 radical (unpaired) electrons. The zero-order chi connectivity index (χ0) is 22.4. The van der Waals surface area contributed by atoms with Gasteiger partial charge in [0.25, 0.3) is 0 Å². The van der Waals surface area contributed by atoms with E-state index in [1.807, 2.05) is 12.1 Å². The maximum Gasteiger partial charge on any atom is 0.330 e. The molecule has 0 aliphatic rings. The second kappa shape index (κ2) is 20.0. The third-order valence-corrected chi connectivity index (χ3v) is 4.62. The molecule has 6 nitrogen and oxygen atoms in total. The molecule has 31 heavy (non-hydrogen) atoms. The van der Waals surface area contributed by atoms with Crippen LogP contribution in [0.4, 0.5) is 0 Å². The molecule has 0 N–H and O–H groups in total. The van der Waals surface area contributed by atoms with Crippen LogP contribution in [0.15, 0.2) is 36.9 Å². The molecule has 0 unspecified atom stereocenters. The monoisotopic (exact) mass is 436 g/mol. The predicted octanol–water partition coefficient (Wildman–Crippen LogP) is 4.75. The van der Waals surface area contributed by atoms with Crippen LogP contribution in [-0.2, 0) is 30.2 Å². The Bertz CT molecular complexity index is 558. The van der Waals surface area contributed by atoms with E-state index in [1.165, 1.54) is 44.1 Å². The lowest BCUT2D eigenvalue weighted by molar-refractivity contribution is -0.139. The number of hydrogen-bond acceptors (Lipinski definition) is 6. The third-order valence-electron chi connectivity index (χ3n) is 4.62. The van der Waals surface area contributed by atoms with Gasteiger partial charge < -0.3 is 23.7 Å². The number of esters is 1. The first-order valence-corrected chi connectivity index (χ1v) is 11.5. The molecule has 0 atom stereocenters. The molecule has 0 amide bonds. The Morgan fingerprint density at radius 3 is 1.94 bits per heavy atom. The molecule has 0 aliphatic heterocycles. The number of hydrogen-bond donors (Lipinski definition) is 0. The first kappa shape index (κ1) is 27.1. The molecule has 1 aromatic rings. The fourth-order valence-electron chi connectivity index (χ4n) is 2.88. The predicted molar refractivity (Wildman–Crippen MR) is 123 cm³/mol. The fourth-order valence-corrected chi connectivity index (χ4v) is 2.88. The number of aryl methyl sites for hydroxylation is 1.